The molecule has 1 N–H and O–H groups in total. The lowest BCUT2D eigenvalue weighted by Gasteiger charge is -2.18. The summed E-state index contributed by atoms with van der Waals surface area (Å²) in [6.45, 7) is 6.36. The topological polar surface area (TPSA) is 29.5 Å². The van der Waals surface area contributed by atoms with Crippen LogP contribution in [0.15, 0.2) is 18.2 Å². The molecule has 96 valence electrons. The van der Waals surface area contributed by atoms with Gasteiger partial charge in [-0.1, -0.05) is 38.8 Å². The Balaban J connectivity index is 2.78. The van der Waals surface area contributed by atoms with Crippen LogP contribution < -0.4 is 4.74 Å². The van der Waals surface area contributed by atoms with Gasteiger partial charge in [0, 0.05) is 0 Å². The molecule has 2 heteroatoms. The maximum atomic E-state index is 10.2. The van der Waals surface area contributed by atoms with Crippen molar-refractivity contribution >= 4 is 0 Å². The van der Waals surface area contributed by atoms with Crippen molar-refractivity contribution < 1.29 is 9.84 Å². The van der Waals surface area contributed by atoms with Crippen LogP contribution in [-0.4, -0.2) is 12.2 Å². The van der Waals surface area contributed by atoms with Gasteiger partial charge in [0.05, 0.1) is 13.2 Å². The number of hydrogen-bond acceptors (Lipinski definition) is 2. The van der Waals surface area contributed by atoms with Gasteiger partial charge in [0.25, 0.3) is 0 Å². The van der Waals surface area contributed by atoms with E-state index in [1.807, 2.05) is 25.1 Å². The zero-order valence-electron chi connectivity index (χ0n) is 11.4. The van der Waals surface area contributed by atoms with Gasteiger partial charge in [-0.3, -0.25) is 0 Å². The summed E-state index contributed by atoms with van der Waals surface area (Å²) in [5.41, 5.74) is 2.06. The summed E-state index contributed by atoms with van der Waals surface area (Å²) in [7, 11) is 1.67. The molecule has 0 aliphatic heterocycles. The lowest BCUT2D eigenvalue weighted by molar-refractivity contribution is 0.141. The molecule has 1 atom stereocenters. The average molecular weight is 236 g/mol. The highest BCUT2D eigenvalue weighted by atomic mass is 16.5. The molecule has 0 aliphatic rings. The van der Waals surface area contributed by atoms with E-state index in [4.69, 9.17) is 4.74 Å². The number of rotatable bonds is 6. The van der Waals surface area contributed by atoms with Crippen LogP contribution in [0.1, 0.15) is 50.3 Å². The smallest absolute Gasteiger partial charge is 0.122 e. The van der Waals surface area contributed by atoms with Crippen molar-refractivity contribution in [1.82, 2.24) is 0 Å². The molecule has 0 saturated carbocycles. The van der Waals surface area contributed by atoms with Crippen molar-refractivity contribution in [2.75, 3.05) is 7.11 Å². The van der Waals surface area contributed by atoms with E-state index in [1.165, 1.54) is 0 Å². The summed E-state index contributed by atoms with van der Waals surface area (Å²) in [5, 5.41) is 10.2. The summed E-state index contributed by atoms with van der Waals surface area (Å²) in [6, 6.07) is 5.94. The molecular weight excluding hydrogens is 212 g/mol. The highest BCUT2D eigenvalue weighted by Gasteiger charge is 2.14. The predicted molar refractivity (Wildman–Crippen MR) is 71.4 cm³/mol. The van der Waals surface area contributed by atoms with E-state index >= 15 is 0 Å². The zero-order chi connectivity index (χ0) is 12.8. The third kappa shape index (κ3) is 3.74. The van der Waals surface area contributed by atoms with Gasteiger partial charge in [0.15, 0.2) is 0 Å². The van der Waals surface area contributed by atoms with Crippen LogP contribution in [-0.2, 0) is 0 Å². The molecule has 2 nitrogen and oxygen atoms in total. The van der Waals surface area contributed by atoms with Gasteiger partial charge in [-0.05, 0) is 36.5 Å². The van der Waals surface area contributed by atoms with Gasteiger partial charge < -0.3 is 9.84 Å². The van der Waals surface area contributed by atoms with Crippen molar-refractivity contribution in [3.05, 3.63) is 29.3 Å². The molecule has 17 heavy (non-hydrogen) atoms. The first-order valence-corrected chi connectivity index (χ1v) is 6.44. The van der Waals surface area contributed by atoms with Gasteiger partial charge in [-0.15, -0.1) is 0 Å². The Kier molecular flexibility index (Phi) is 5.49. The first kappa shape index (κ1) is 14.0. The molecule has 0 saturated heterocycles. The molecule has 0 fully saturated rings. The molecule has 1 unspecified atom stereocenters. The van der Waals surface area contributed by atoms with E-state index in [1.54, 1.807) is 7.11 Å². The van der Waals surface area contributed by atoms with Gasteiger partial charge >= 0.3 is 0 Å². The Hall–Kier alpha value is -1.02. The van der Waals surface area contributed by atoms with Crippen LogP contribution in [0.4, 0.5) is 0 Å². The first-order valence-electron chi connectivity index (χ1n) is 6.44. The third-order valence-corrected chi connectivity index (χ3v) is 3.53. The van der Waals surface area contributed by atoms with Crippen LogP contribution in [0.3, 0.4) is 0 Å². The first-order chi connectivity index (χ1) is 8.12. The molecule has 0 aromatic heterocycles. The minimum absolute atomic E-state index is 0.380. The Labute approximate surface area is 105 Å². The summed E-state index contributed by atoms with van der Waals surface area (Å²) in [6.07, 6.45) is 2.70. The molecule has 0 aliphatic carbocycles. The van der Waals surface area contributed by atoms with Crippen molar-refractivity contribution in [3.8, 4) is 5.75 Å². The summed E-state index contributed by atoms with van der Waals surface area (Å²) >= 11 is 0. The van der Waals surface area contributed by atoms with Crippen molar-refractivity contribution in [1.29, 1.82) is 0 Å². The quantitative estimate of drug-likeness (QED) is 0.812. The maximum Gasteiger partial charge on any atom is 0.122 e. The summed E-state index contributed by atoms with van der Waals surface area (Å²) in [5.74, 6) is 1.45. The monoisotopic (exact) mass is 236 g/mol. The second kappa shape index (κ2) is 6.65. The largest absolute Gasteiger partial charge is 0.496 e. The van der Waals surface area contributed by atoms with Gasteiger partial charge in [-0.25, -0.2) is 0 Å². The lowest BCUT2D eigenvalue weighted by atomic mass is 9.92. The van der Waals surface area contributed by atoms with E-state index in [0.717, 1.165) is 36.1 Å². The second-order valence-electron chi connectivity index (χ2n) is 4.66. The highest BCUT2D eigenvalue weighted by molar-refractivity contribution is 5.37. The Bertz CT molecular complexity index is 343. The summed E-state index contributed by atoms with van der Waals surface area (Å²) in [4.78, 5) is 0. The van der Waals surface area contributed by atoms with E-state index in [-0.39, 0.29) is 6.10 Å². The van der Waals surface area contributed by atoms with Gasteiger partial charge in [0.2, 0.25) is 0 Å². The van der Waals surface area contributed by atoms with Crippen LogP contribution in [0, 0.1) is 12.8 Å². The molecule has 0 radical (unpaired) electrons. The molecule has 0 spiro atoms. The van der Waals surface area contributed by atoms with E-state index in [2.05, 4.69) is 13.8 Å². The summed E-state index contributed by atoms with van der Waals surface area (Å²) < 4.78 is 5.28. The number of aliphatic hydroxyl groups is 1. The van der Waals surface area contributed by atoms with Crippen LogP contribution in [0.5, 0.6) is 5.75 Å². The molecule has 0 heterocycles. The van der Waals surface area contributed by atoms with E-state index in [0.29, 0.717) is 5.92 Å². The van der Waals surface area contributed by atoms with Crippen LogP contribution in [0.25, 0.3) is 0 Å². The van der Waals surface area contributed by atoms with Crippen LogP contribution >= 0.6 is 0 Å². The van der Waals surface area contributed by atoms with Crippen molar-refractivity contribution in [3.63, 3.8) is 0 Å². The number of hydrogen-bond donors (Lipinski definition) is 1. The van der Waals surface area contributed by atoms with Crippen LogP contribution in [0.2, 0.25) is 0 Å². The molecule has 0 bridgehead atoms. The number of aliphatic hydroxyl groups excluding tert-OH is 1. The van der Waals surface area contributed by atoms with Crippen molar-refractivity contribution in [2.45, 2.75) is 46.1 Å². The normalized spacial score (nSPS) is 12.8. The number of aryl methyl sites for hydroxylation is 1. The SMILES string of the molecule is CCC(CC)CC(O)c1ccc(C)c(OC)c1. The standard InChI is InChI=1S/C15H24O2/c1-5-12(6-2)9-14(16)13-8-7-11(3)15(10-13)17-4/h7-8,10,12,14,16H,5-6,9H2,1-4H3. The fourth-order valence-electron chi connectivity index (χ4n) is 2.12. The van der Waals surface area contributed by atoms with E-state index < -0.39 is 0 Å². The number of ether oxygens (including phenoxy) is 1. The van der Waals surface area contributed by atoms with Gasteiger partial charge in [0.1, 0.15) is 5.75 Å². The predicted octanol–water partition coefficient (Wildman–Crippen LogP) is 3.86. The molecule has 1 aromatic carbocycles. The highest BCUT2D eigenvalue weighted by Crippen LogP contribution is 2.28. The maximum absolute atomic E-state index is 10.2. The molecule has 1 aromatic rings. The third-order valence-electron chi connectivity index (χ3n) is 3.53. The Morgan fingerprint density at radius 3 is 2.41 bits per heavy atom. The minimum Gasteiger partial charge on any atom is -0.496 e. The average Bonchev–Trinajstić information content (AvgIpc) is 2.36. The zero-order valence-corrected chi connectivity index (χ0v) is 11.4. The Morgan fingerprint density at radius 2 is 1.88 bits per heavy atom. The number of methoxy groups -OCH3 is 1. The molecular formula is C15H24O2. The fraction of sp³-hybridized carbons (Fsp3) is 0.600. The van der Waals surface area contributed by atoms with Crippen molar-refractivity contribution in [2.24, 2.45) is 5.92 Å². The molecule has 0 amide bonds. The second-order valence-corrected chi connectivity index (χ2v) is 4.66. The number of benzene rings is 1. The Morgan fingerprint density at radius 1 is 1.24 bits per heavy atom. The fourth-order valence-corrected chi connectivity index (χ4v) is 2.12. The lowest BCUT2D eigenvalue weighted by Crippen LogP contribution is -2.06. The minimum atomic E-state index is -0.380. The van der Waals surface area contributed by atoms with E-state index in [9.17, 15) is 5.11 Å². The van der Waals surface area contributed by atoms with Gasteiger partial charge in [-0.2, -0.15) is 0 Å². The molecule has 1 rings (SSSR count).